The van der Waals surface area contributed by atoms with E-state index in [1.165, 1.54) is 6.92 Å². The summed E-state index contributed by atoms with van der Waals surface area (Å²) in [6, 6.07) is 0.511. The molecule has 0 spiro atoms. The fourth-order valence-electron chi connectivity index (χ4n) is 1.27. The Bertz CT molecular complexity index is 404. The van der Waals surface area contributed by atoms with Gasteiger partial charge in [0, 0.05) is 17.5 Å². The summed E-state index contributed by atoms with van der Waals surface area (Å²) in [5.74, 6) is -6.82. The number of benzene rings is 1. The van der Waals surface area contributed by atoms with Crippen LogP contribution in [-0.2, 0) is 5.41 Å². The minimum Gasteiger partial charge on any atom is -0.395 e. The second-order valence-electron chi connectivity index (χ2n) is 3.77. The Hall–Kier alpha value is -1.14. The van der Waals surface area contributed by atoms with Crippen molar-refractivity contribution in [1.29, 1.82) is 0 Å². The molecule has 0 aliphatic carbocycles. The number of aliphatic hydroxyl groups is 1. The van der Waals surface area contributed by atoms with Crippen LogP contribution in [0.15, 0.2) is 6.07 Å². The van der Waals surface area contributed by atoms with E-state index in [4.69, 9.17) is 10.8 Å². The fraction of sp³-hybridized carbons (Fsp3) is 0.400. The van der Waals surface area contributed by atoms with Crippen LogP contribution in [0.5, 0.6) is 0 Å². The first-order valence-electron chi connectivity index (χ1n) is 4.51. The van der Waals surface area contributed by atoms with Crippen molar-refractivity contribution >= 4 is 0 Å². The van der Waals surface area contributed by atoms with Gasteiger partial charge < -0.3 is 10.8 Å². The maximum atomic E-state index is 13.4. The lowest BCUT2D eigenvalue weighted by atomic mass is 9.83. The summed E-state index contributed by atoms with van der Waals surface area (Å²) in [5, 5.41) is 9.03. The summed E-state index contributed by atoms with van der Waals surface area (Å²) in [4.78, 5) is 0. The molecule has 90 valence electrons. The molecule has 0 aliphatic rings. The fourth-order valence-corrected chi connectivity index (χ4v) is 1.27. The predicted molar refractivity (Wildman–Crippen MR) is 49.8 cm³/mol. The van der Waals surface area contributed by atoms with Gasteiger partial charge in [0.25, 0.3) is 0 Å². The molecule has 6 heteroatoms. The van der Waals surface area contributed by atoms with Crippen LogP contribution in [0.2, 0.25) is 0 Å². The van der Waals surface area contributed by atoms with Gasteiger partial charge in [-0.3, -0.25) is 0 Å². The van der Waals surface area contributed by atoms with Crippen LogP contribution < -0.4 is 5.73 Å². The number of nitrogens with two attached hydrogens (primary N) is 1. The minimum atomic E-state index is -1.90. The molecular formula is C10H11F4NO. The average Bonchev–Trinajstić information content (AvgIpc) is 2.30. The molecule has 0 heterocycles. The van der Waals surface area contributed by atoms with Gasteiger partial charge in [0.1, 0.15) is 0 Å². The minimum absolute atomic E-state index is 0.231. The van der Waals surface area contributed by atoms with Crippen molar-refractivity contribution in [2.75, 3.05) is 13.2 Å². The molecule has 0 bridgehead atoms. The Morgan fingerprint density at radius 1 is 1.19 bits per heavy atom. The Balaban J connectivity index is 3.46. The van der Waals surface area contributed by atoms with E-state index in [0.717, 1.165) is 0 Å². The zero-order chi connectivity index (χ0) is 12.5. The summed E-state index contributed by atoms with van der Waals surface area (Å²) in [5.41, 5.74) is 3.47. The van der Waals surface area contributed by atoms with Gasteiger partial charge in [0.2, 0.25) is 0 Å². The highest BCUT2D eigenvalue weighted by molar-refractivity contribution is 5.29. The molecule has 16 heavy (non-hydrogen) atoms. The highest BCUT2D eigenvalue weighted by Crippen LogP contribution is 2.28. The van der Waals surface area contributed by atoms with E-state index in [9.17, 15) is 17.6 Å². The van der Waals surface area contributed by atoms with E-state index in [1.54, 1.807) is 0 Å². The normalized spacial score (nSPS) is 14.9. The third kappa shape index (κ3) is 1.90. The molecule has 2 nitrogen and oxygen atoms in total. The van der Waals surface area contributed by atoms with Crippen molar-refractivity contribution in [1.82, 2.24) is 0 Å². The summed E-state index contributed by atoms with van der Waals surface area (Å²) in [6.45, 7) is 0.484. The quantitative estimate of drug-likeness (QED) is 0.475. The molecule has 0 fully saturated rings. The van der Waals surface area contributed by atoms with Crippen LogP contribution in [0.25, 0.3) is 0 Å². The van der Waals surface area contributed by atoms with Crippen LogP contribution in [0, 0.1) is 23.3 Å². The van der Waals surface area contributed by atoms with Crippen LogP contribution in [-0.4, -0.2) is 18.3 Å². The van der Waals surface area contributed by atoms with Crippen LogP contribution in [0.3, 0.4) is 0 Å². The number of hydrogen-bond donors (Lipinski definition) is 2. The highest BCUT2D eigenvalue weighted by atomic mass is 19.2. The van der Waals surface area contributed by atoms with Crippen LogP contribution in [0.1, 0.15) is 12.5 Å². The van der Waals surface area contributed by atoms with Gasteiger partial charge in [0.15, 0.2) is 23.3 Å². The Labute approximate surface area is 89.7 Å². The Morgan fingerprint density at radius 3 is 2.19 bits per heavy atom. The van der Waals surface area contributed by atoms with E-state index < -0.39 is 40.9 Å². The lowest BCUT2D eigenvalue weighted by Gasteiger charge is -2.26. The monoisotopic (exact) mass is 237 g/mol. The zero-order valence-electron chi connectivity index (χ0n) is 8.53. The van der Waals surface area contributed by atoms with Gasteiger partial charge in [-0.05, 0) is 6.07 Å². The second kappa shape index (κ2) is 4.39. The topological polar surface area (TPSA) is 46.2 Å². The smallest absolute Gasteiger partial charge is 0.197 e. The molecule has 3 N–H and O–H groups in total. The summed E-state index contributed by atoms with van der Waals surface area (Å²) >= 11 is 0. The Kier molecular flexibility index (Phi) is 3.54. The first-order valence-corrected chi connectivity index (χ1v) is 4.51. The third-order valence-electron chi connectivity index (χ3n) is 2.55. The van der Waals surface area contributed by atoms with Gasteiger partial charge in [0.05, 0.1) is 6.61 Å². The van der Waals surface area contributed by atoms with Gasteiger partial charge in [-0.15, -0.1) is 0 Å². The molecular weight excluding hydrogens is 226 g/mol. The summed E-state index contributed by atoms with van der Waals surface area (Å²) in [6.07, 6.45) is 0. The van der Waals surface area contributed by atoms with Gasteiger partial charge in [-0.1, -0.05) is 6.92 Å². The first kappa shape index (κ1) is 12.9. The summed E-state index contributed by atoms with van der Waals surface area (Å²) in [7, 11) is 0. The third-order valence-corrected chi connectivity index (χ3v) is 2.55. The van der Waals surface area contributed by atoms with E-state index >= 15 is 0 Å². The molecule has 0 saturated heterocycles. The molecule has 0 radical (unpaired) electrons. The van der Waals surface area contributed by atoms with Crippen molar-refractivity contribution in [2.24, 2.45) is 5.73 Å². The maximum absolute atomic E-state index is 13.4. The van der Waals surface area contributed by atoms with Crippen LogP contribution in [0.4, 0.5) is 17.6 Å². The van der Waals surface area contributed by atoms with E-state index in [1.807, 2.05) is 0 Å². The molecule has 0 amide bonds. The van der Waals surface area contributed by atoms with E-state index in [-0.39, 0.29) is 6.54 Å². The lowest BCUT2D eigenvalue weighted by Crippen LogP contribution is -2.37. The molecule has 0 aliphatic heterocycles. The molecule has 1 aromatic rings. The summed E-state index contributed by atoms with van der Waals surface area (Å²) < 4.78 is 51.9. The molecule has 1 atom stereocenters. The SMILES string of the molecule is CC(CN)(CO)c1cc(F)c(F)c(F)c1F. The van der Waals surface area contributed by atoms with Crippen LogP contribution >= 0.6 is 0 Å². The van der Waals surface area contributed by atoms with Gasteiger partial charge >= 0.3 is 0 Å². The Morgan fingerprint density at radius 2 is 1.75 bits per heavy atom. The second-order valence-corrected chi connectivity index (χ2v) is 3.77. The predicted octanol–water partition coefficient (Wildman–Crippen LogP) is 1.45. The van der Waals surface area contributed by atoms with Crippen molar-refractivity contribution in [3.8, 4) is 0 Å². The van der Waals surface area contributed by atoms with Crippen molar-refractivity contribution < 1.29 is 22.7 Å². The highest BCUT2D eigenvalue weighted by Gasteiger charge is 2.31. The molecule has 1 unspecified atom stereocenters. The van der Waals surface area contributed by atoms with Crippen molar-refractivity contribution in [3.05, 3.63) is 34.9 Å². The molecule has 1 rings (SSSR count). The molecule has 0 aromatic heterocycles. The van der Waals surface area contributed by atoms with Gasteiger partial charge in [-0.2, -0.15) is 0 Å². The number of rotatable bonds is 3. The number of hydrogen-bond acceptors (Lipinski definition) is 2. The van der Waals surface area contributed by atoms with Gasteiger partial charge in [-0.25, -0.2) is 17.6 Å². The van der Waals surface area contributed by atoms with Crippen molar-refractivity contribution in [3.63, 3.8) is 0 Å². The molecule has 0 saturated carbocycles. The van der Waals surface area contributed by atoms with E-state index in [2.05, 4.69) is 0 Å². The zero-order valence-corrected chi connectivity index (χ0v) is 8.53. The van der Waals surface area contributed by atoms with Crippen molar-refractivity contribution in [2.45, 2.75) is 12.3 Å². The molecule has 1 aromatic carbocycles. The lowest BCUT2D eigenvalue weighted by molar-refractivity contribution is 0.204. The largest absolute Gasteiger partial charge is 0.395 e. The average molecular weight is 237 g/mol. The number of aliphatic hydroxyl groups excluding tert-OH is 1. The standard InChI is InChI=1S/C10H11F4NO/c1-10(3-15,4-16)5-2-6(11)8(13)9(14)7(5)12/h2,16H,3-4,15H2,1H3. The first-order chi connectivity index (χ1) is 7.37. The van der Waals surface area contributed by atoms with E-state index in [0.29, 0.717) is 6.07 Å². The number of halogens is 4. The maximum Gasteiger partial charge on any atom is 0.197 e.